The number of aliphatic hydroxyl groups excluding tert-OH is 1. The molecule has 6 nitrogen and oxygen atoms in total. The first-order valence-corrected chi connectivity index (χ1v) is 7.95. The van der Waals surface area contributed by atoms with E-state index in [4.69, 9.17) is 0 Å². The van der Waals surface area contributed by atoms with Gasteiger partial charge in [0, 0.05) is 18.7 Å². The van der Waals surface area contributed by atoms with Gasteiger partial charge in [-0.3, -0.25) is 0 Å². The van der Waals surface area contributed by atoms with Crippen LogP contribution in [0, 0.1) is 13.8 Å². The molecule has 0 bridgehead atoms. The van der Waals surface area contributed by atoms with Crippen molar-refractivity contribution in [3.8, 4) is 5.82 Å². The van der Waals surface area contributed by atoms with Gasteiger partial charge in [-0.25, -0.2) is 4.68 Å². The number of aryl methyl sites for hydroxylation is 2. The zero-order chi connectivity index (χ0) is 16.9. The van der Waals surface area contributed by atoms with Crippen LogP contribution in [0.5, 0.6) is 0 Å². The van der Waals surface area contributed by atoms with E-state index in [1.165, 1.54) is 0 Å². The molecule has 124 valence electrons. The van der Waals surface area contributed by atoms with E-state index in [0.29, 0.717) is 24.6 Å². The van der Waals surface area contributed by atoms with Crippen molar-refractivity contribution in [3.05, 3.63) is 65.5 Å². The van der Waals surface area contributed by atoms with Crippen LogP contribution in [-0.2, 0) is 6.42 Å². The lowest BCUT2D eigenvalue weighted by Gasteiger charge is -2.12. The van der Waals surface area contributed by atoms with Gasteiger partial charge in [-0.1, -0.05) is 30.3 Å². The molecule has 0 saturated heterocycles. The summed E-state index contributed by atoms with van der Waals surface area (Å²) in [6.07, 6.45) is 0.121. The Morgan fingerprint density at radius 1 is 1.08 bits per heavy atom. The summed E-state index contributed by atoms with van der Waals surface area (Å²) in [5, 5.41) is 25.9. The van der Waals surface area contributed by atoms with Crippen LogP contribution in [0.4, 0.5) is 5.82 Å². The summed E-state index contributed by atoms with van der Waals surface area (Å²) in [5.74, 6) is 1.31. The van der Waals surface area contributed by atoms with Gasteiger partial charge in [0.25, 0.3) is 0 Å². The second-order valence-electron chi connectivity index (χ2n) is 5.84. The van der Waals surface area contributed by atoms with Crippen molar-refractivity contribution in [3.63, 3.8) is 0 Å². The second kappa shape index (κ2) is 7.23. The minimum absolute atomic E-state index is 0.419. The predicted octanol–water partition coefficient (Wildman–Crippen LogP) is 2.29. The Morgan fingerprint density at radius 3 is 2.50 bits per heavy atom. The van der Waals surface area contributed by atoms with E-state index in [-0.39, 0.29) is 0 Å². The molecule has 0 amide bonds. The van der Waals surface area contributed by atoms with Gasteiger partial charge < -0.3 is 10.4 Å². The molecule has 1 atom stereocenters. The highest BCUT2D eigenvalue weighted by Crippen LogP contribution is 2.11. The summed E-state index contributed by atoms with van der Waals surface area (Å²) in [6, 6.07) is 15.6. The molecule has 2 heterocycles. The first-order valence-electron chi connectivity index (χ1n) is 7.95. The molecule has 0 radical (unpaired) electrons. The van der Waals surface area contributed by atoms with Crippen molar-refractivity contribution in [2.24, 2.45) is 0 Å². The van der Waals surface area contributed by atoms with Crippen molar-refractivity contribution in [2.75, 3.05) is 11.9 Å². The fourth-order valence-electron chi connectivity index (χ4n) is 2.57. The number of hydrogen-bond acceptors (Lipinski definition) is 5. The van der Waals surface area contributed by atoms with Gasteiger partial charge in [0.15, 0.2) is 5.82 Å². The Morgan fingerprint density at radius 2 is 1.88 bits per heavy atom. The van der Waals surface area contributed by atoms with Crippen LogP contribution in [0.25, 0.3) is 5.82 Å². The number of rotatable bonds is 6. The summed E-state index contributed by atoms with van der Waals surface area (Å²) in [4.78, 5) is 0. The Bertz CT molecular complexity index is 783. The minimum Gasteiger partial charge on any atom is -0.391 e. The van der Waals surface area contributed by atoms with Crippen molar-refractivity contribution in [2.45, 2.75) is 26.4 Å². The smallest absolute Gasteiger partial charge is 0.176 e. The molecule has 0 aliphatic carbocycles. The molecule has 3 aromatic rings. The molecule has 3 rings (SSSR count). The quantitative estimate of drug-likeness (QED) is 0.728. The van der Waals surface area contributed by atoms with Crippen LogP contribution in [0.2, 0.25) is 0 Å². The fraction of sp³-hybridized carbons (Fsp3) is 0.278. The minimum atomic E-state index is -0.482. The first kappa shape index (κ1) is 16.1. The SMILES string of the molecule is Cc1cc(C)n(-c2ccc(NC[C@H](O)Cc3ccccc3)nn2)n1. The van der Waals surface area contributed by atoms with E-state index in [1.54, 1.807) is 4.68 Å². The van der Waals surface area contributed by atoms with Gasteiger partial charge in [-0.2, -0.15) is 5.10 Å². The molecular formula is C18H21N5O. The van der Waals surface area contributed by atoms with Gasteiger partial charge in [-0.15, -0.1) is 10.2 Å². The van der Waals surface area contributed by atoms with Crippen molar-refractivity contribution >= 4 is 5.82 Å². The van der Waals surface area contributed by atoms with Gasteiger partial charge in [0.05, 0.1) is 11.8 Å². The molecule has 1 aromatic carbocycles. The maximum Gasteiger partial charge on any atom is 0.176 e. The van der Waals surface area contributed by atoms with Crippen molar-refractivity contribution in [1.29, 1.82) is 0 Å². The second-order valence-corrected chi connectivity index (χ2v) is 5.84. The Labute approximate surface area is 141 Å². The molecular weight excluding hydrogens is 302 g/mol. The zero-order valence-electron chi connectivity index (χ0n) is 13.8. The van der Waals surface area contributed by atoms with E-state index < -0.39 is 6.10 Å². The van der Waals surface area contributed by atoms with E-state index in [1.807, 2.05) is 62.4 Å². The Kier molecular flexibility index (Phi) is 4.86. The zero-order valence-corrected chi connectivity index (χ0v) is 13.8. The maximum absolute atomic E-state index is 10.1. The van der Waals surface area contributed by atoms with Crippen LogP contribution >= 0.6 is 0 Å². The molecule has 0 aliphatic rings. The topological polar surface area (TPSA) is 75.9 Å². The number of nitrogens with zero attached hydrogens (tertiary/aromatic N) is 4. The largest absolute Gasteiger partial charge is 0.391 e. The Hall–Kier alpha value is -2.73. The highest BCUT2D eigenvalue weighted by Gasteiger charge is 2.08. The highest BCUT2D eigenvalue weighted by molar-refractivity contribution is 5.37. The molecule has 0 saturated carbocycles. The molecule has 0 unspecified atom stereocenters. The Balaban J connectivity index is 1.57. The molecule has 0 aliphatic heterocycles. The molecule has 2 N–H and O–H groups in total. The summed E-state index contributed by atoms with van der Waals surface area (Å²) in [7, 11) is 0. The standard InChI is InChI=1S/C18H21N5O/c1-13-10-14(2)23(22-13)18-9-8-17(20-21-18)19-12-16(24)11-15-6-4-3-5-7-15/h3-10,16,24H,11-12H2,1-2H3,(H,19,20)/t16-/m1/s1. The number of nitrogens with one attached hydrogen (secondary N) is 1. The molecule has 0 fully saturated rings. The van der Waals surface area contributed by atoms with E-state index >= 15 is 0 Å². The lowest BCUT2D eigenvalue weighted by Crippen LogP contribution is -2.22. The average molecular weight is 323 g/mol. The average Bonchev–Trinajstić information content (AvgIpc) is 2.93. The third kappa shape index (κ3) is 3.97. The highest BCUT2D eigenvalue weighted by atomic mass is 16.3. The van der Waals surface area contributed by atoms with Crippen LogP contribution in [0.3, 0.4) is 0 Å². The summed E-state index contributed by atoms with van der Waals surface area (Å²) < 4.78 is 1.76. The summed E-state index contributed by atoms with van der Waals surface area (Å²) in [5.41, 5.74) is 3.07. The molecule has 2 aromatic heterocycles. The van der Waals surface area contributed by atoms with Crippen LogP contribution in [0.15, 0.2) is 48.5 Å². The van der Waals surface area contributed by atoms with Gasteiger partial charge in [0.2, 0.25) is 0 Å². The number of aliphatic hydroxyl groups is 1. The van der Waals surface area contributed by atoms with Gasteiger partial charge >= 0.3 is 0 Å². The molecule has 0 spiro atoms. The van der Waals surface area contributed by atoms with Gasteiger partial charge in [0.1, 0.15) is 5.82 Å². The van der Waals surface area contributed by atoms with Crippen molar-refractivity contribution in [1.82, 2.24) is 20.0 Å². The maximum atomic E-state index is 10.1. The third-order valence-corrected chi connectivity index (χ3v) is 3.71. The van der Waals surface area contributed by atoms with Crippen LogP contribution in [-0.4, -0.2) is 37.7 Å². The number of hydrogen-bond donors (Lipinski definition) is 2. The summed E-state index contributed by atoms with van der Waals surface area (Å²) >= 11 is 0. The van der Waals surface area contributed by atoms with Crippen molar-refractivity contribution < 1.29 is 5.11 Å². The fourth-order valence-corrected chi connectivity index (χ4v) is 2.57. The molecule has 24 heavy (non-hydrogen) atoms. The first-order chi connectivity index (χ1) is 11.6. The lowest BCUT2D eigenvalue weighted by atomic mass is 10.1. The normalized spacial score (nSPS) is 12.1. The monoisotopic (exact) mass is 323 g/mol. The van der Waals surface area contributed by atoms with E-state index in [2.05, 4.69) is 20.6 Å². The van der Waals surface area contributed by atoms with E-state index in [0.717, 1.165) is 17.0 Å². The number of benzene rings is 1. The van der Waals surface area contributed by atoms with Gasteiger partial charge in [-0.05, 0) is 37.6 Å². The number of aromatic nitrogens is 4. The number of anilines is 1. The van der Waals surface area contributed by atoms with E-state index in [9.17, 15) is 5.11 Å². The lowest BCUT2D eigenvalue weighted by molar-refractivity contribution is 0.188. The predicted molar refractivity (Wildman–Crippen MR) is 93.3 cm³/mol. The third-order valence-electron chi connectivity index (χ3n) is 3.71. The van der Waals surface area contributed by atoms with Crippen LogP contribution < -0.4 is 5.32 Å². The summed E-state index contributed by atoms with van der Waals surface area (Å²) in [6.45, 7) is 4.34. The molecule has 6 heteroatoms. The van der Waals surface area contributed by atoms with Crippen LogP contribution in [0.1, 0.15) is 17.0 Å².